The van der Waals surface area contributed by atoms with Crippen LogP contribution in [0.5, 0.6) is 0 Å². The predicted molar refractivity (Wildman–Crippen MR) is 131 cm³/mol. The number of nitrogens with zero attached hydrogens (tertiary/aromatic N) is 5. The molecule has 3 fully saturated rings. The molecule has 1 N–H and O–H groups in total. The lowest BCUT2D eigenvalue weighted by Crippen LogP contribution is -2.48. The molecule has 0 aliphatic carbocycles. The van der Waals surface area contributed by atoms with Gasteiger partial charge >= 0.3 is 0 Å². The number of likely N-dealkylation sites (tertiary alicyclic amines) is 1. The van der Waals surface area contributed by atoms with Gasteiger partial charge in [-0.1, -0.05) is 30.3 Å². The van der Waals surface area contributed by atoms with Crippen LogP contribution in [0.15, 0.2) is 42.9 Å². The highest BCUT2D eigenvalue weighted by molar-refractivity contribution is 5.79. The van der Waals surface area contributed by atoms with Gasteiger partial charge in [0, 0.05) is 57.8 Å². The predicted octanol–water partition coefficient (Wildman–Crippen LogP) is 3.07. The number of piperidine rings is 2. The van der Waals surface area contributed by atoms with Gasteiger partial charge in [0.2, 0.25) is 5.91 Å². The molecular formula is C26H36N6O. The van der Waals surface area contributed by atoms with Gasteiger partial charge in [-0.3, -0.25) is 9.69 Å². The zero-order chi connectivity index (χ0) is 22.5. The summed E-state index contributed by atoms with van der Waals surface area (Å²) in [5.41, 5.74) is 2.49. The first kappa shape index (κ1) is 22.1. The lowest BCUT2D eigenvalue weighted by atomic mass is 9.94. The van der Waals surface area contributed by atoms with Crippen molar-refractivity contribution in [1.29, 1.82) is 0 Å². The van der Waals surface area contributed by atoms with E-state index in [1.807, 2.05) is 6.20 Å². The van der Waals surface area contributed by atoms with Crippen molar-refractivity contribution < 1.29 is 4.79 Å². The zero-order valence-corrected chi connectivity index (χ0v) is 19.5. The minimum Gasteiger partial charge on any atom is -0.367 e. The van der Waals surface area contributed by atoms with Crippen LogP contribution >= 0.6 is 0 Å². The van der Waals surface area contributed by atoms with Crippen LogP contribution < -0.4 is 15.1 Å². The van der Waals surface area contributed by atoms with Gasteiger partial charge in [0.25, 0.3) is 0 Å². The highest BCUT2D eigenvalue weighted by Crippen LogP contribution is 2.31. The van der Waals surface area contributed by atoms with Crippen LogP contribution in [0, 0.1) is 5.92 Å². The van der Waals surface area contributed by atoms with E-state index in [9.17, 15) is 4.79 Å². The normalized spacial score (nSPS) is 20.8. The third kappa shape index (κ3) is 5.46. The molecule has 5 rings (SSSR count). The van der Waals surface area contributed by atoms with Crippen molar-refractivity contribution in [1.82, 2.24) is 20.2 Å². The highest BCUT2D eigenvalue weighted by Gasteiger charge is 2.30. The van der Waals surface area contributed by atoms with Gasteiger partial charge in [0.05, 0.1) is 11.9 Å². The molecular weight excluding hydrogens is 412 g/mol. The van der Waals surface area contributed by atoms with Gasteiger partial charge in [-0.15, -0.1) is 0 Å². The number of carbonyl (C=O) groups is 1. The van der Waals surface area contributed by atoms with Gasteiger partial charge in [0.15, 0.2) is 5.82 Å². The molecule has 0 atom stereocenters. The second-order valence-corrected chi connectivity index (χ2v) is 9.73. The summed E-state index contributed by atoms with van der Waals surface area (Å²) >= 11 is 0. The Labute approximate surface area is 197 Å². The zero-order valence-electron chi connectivity index (χ0n) is 19.5. The van der Waals surface area contributed by atoms with Crippen LogP contribution in [0.1, 0.15) is 44.1 Å². The number of aromatic nitrogens is 2. The fourth-order valence-electron chi connectivity index (χ4n) is 5.49. The molecule has 7 heteroatoms. The summed E-state index contributed by atoms with van der Waals surface area (Å²) in [6.07, 6.45) is 9.94. The largest absolute Gasteiger partial charge is 0.367 e. The second-order valence-electron chi connectivity index (χ2n) is 9.73. The highest BCUT2D eigenvalue weighted by atomic mass is 16.2. The van der Waals surface area contributed by atoms with E-state index in [0.29, 0.717) is 6.04 Å². The molecule has 0 spiro atoms. The summed E-state index contributed by atoms with van der Waals surface area (Å²) in [6, 6.07) is 11.0. The number of nitrogens with one attached hydrogen (secondary N) is 1. The third-order valence-corrected chi connectivity index (χ3v) is 7.47. The quantitative estimate of drug-likeness (QED) is 0.733. The van der Waals surface area contributed by atoms with Crippen LogP contribution in [0.25, 0.3) is 0 Å². The number of hydrogen-bond donors (Lipinski definition) is 1. The van der Waals surface area contributed by atoms with Gasteiger partial charge < -0.3 is 15.1 Å². The van der Waals surface area contributed by atoms with E-state index >= 15 is 0 Å². The molecule has 1 aromatic heterocycles. The molecule has 3 aliphatic heterocycles. The van der Waals surface area contributed by atoms with E-state index in [4.69, 9.17) is 0 Å². The van der Waals surface area contributed by atoms with Crippen molar-refractivity contribution in [2.45, 2.75) is 51.1 Å². The molecule has 7 nitrogen and oxygen atoms in total. The number of amides is 1. The molecule has 176 valence electrons. The topological polar surface area (TPSA) is 64.6 Å². The average molecular weight is 449 g/mol. The number of anilines is 2. The lowest BCUT2D eigenvalue weighted by molar-refractivity contribution is -0.126. The Balaban J connectivity index is 1.08. The van der Waals surface area contributed by atoms with Crippen molar-refractivity contribution in [3.8, 4) is 0 Å². The monoisotopic (exact) mass is 448 g/mol. The first-order valence-corrected chi connectivity index (χ1v) is 12.6. The van der Waals surface area contributed by atoms with Crippen molar-refractivity contribution in [2.75, 3.05) is 49.1 Å². The summed E-state index contributed by atoms with van der Waals surface area (Å²) < 4.78 is 0. The van der Waals surface area contributed by atoms with E-state index in [-0.39, 0.29) is 11.8 Å². The van der Waals surface area contributed by atoms with E-state index in [0.717, 1.165) is 83.0 Å². The molecule has 33 heavy (non-hydrogen) atoms. The fourth-order valence-corrected chi connectivity index (χ4v) is 5.49. The van der Waals surface area contributed by atoms with Gasteiger partial charge in [-0.2, -0.15) is 0 Å². The van der Waals surface area contributed by atoms with Crippen molar-refractivity contribution in [2.24, 2.45) is 5.92 Å². The van der Waals surface area contributed by atoms with Crippen molar-refractivity contribution in [3.05, 3.63) is 48.4 Å². The Bertz CT molecular complexity index is 900. The Morgan fingerprint density at radius 2 is 1.64 bits per heavy atom. The van der Waals surface area contributed by atoms with Crippen LogP contribution in [-0.2, 0) is 11.3 Å². The summed E-state index contributed by atoms with van der Waals surface area (Å²) in [5, 5.41) is 3.37. The van der Waals surface area contributed by atoms with Crippen LogP contribution in [0.2, 0.25) is 0 Å². The van der Waals surface area contributed by atoms with Crippen LogP contribution in [-0.4, -0.2) is 66.1 Å². The molecule has 0 unspecified atom stereocenters. The molecule has 4 heterocycles. The Morgan fingerprint density at radius 3 is 2.36 bits per heavy atom. The summed E-state index contributed by atoms with van der Waals surface area (Å²) in [5.74, 6) is 1.43. The Morgan fingerprint density at radius 1 is 0.909 bits per heavy atom. The van der Waals surface area contributed by atoms with Gasteiger partial charge in [0.1, 0.15) is 6.33 Å². The van der Waals surface area contributed by atoms with E-state index in [1.165, 1.54) is 18.4 Å². The first-order chi connectivity index (χ1) is 16.3. The second kappa shape index (κ2) is 10.5. The van der Waals surface area contributed by atoms with Crippen LogP contribution in [0.3, 0.4) is 0 Å². The van der Waals surface area contributed by atoms with E-state index < -0.39 is 0 Å². The lowest BCUT2D eigenvalue weighted by Gasteiger charge is -2.36. The smallest absolute Gasteiger partial charge is 0.223 e. The van der Waals surface area contributed by atoms with E-state index in [1.54, 1.807) is 6.33 Å². The molecule has 0 saturated carbocycles. The molecule has 1 aromatic carbocycles. The summed E-state index contributed by atoms with van der Waals surface area (Å²) in [6.45, 7) is 7.03. The van der Waals surface area contributed by atoms with Crippen LogP contribution in [0.4, 0.5) is 11.5 Å². The maximum atomic E-state index is 13.0. The Hall–Kier alpha value is -2.67. The maximum absolute atomic E-state index is 13.0. The SMILES string of the molecule is O=C(NC1CCN(Cc2ccccc2)CC1)C1CCN(c2cncnc2N2CCCC2)CC1. The van der Waals surface area contributed by atoms with Crippen molar-refractivity contribution >= 4 is 17.4 Å². The number of benzene rings is 1. The molecule has 3 aliphatic rings. The summed E-state index contributed by atoms with van der Waals surface area (Å²) in [7, 11) is 0. The van der Waals surface area contributed by atoms with E-state index in [2.05, 4.69) is 60.3 Å². The number of carbonyl (C=O) groups excluding carboxylic acids is 1. The molecule has 0 radical (unpaired) electrons. The first-order valence-electron chi connectivity index (χ1n) is 12.6. The van der Waals surface area contributed by atoms with Crippen molar-refractivity contribution in [3.63, 3.8) is 0 Å². The molecule has 1 amide bonds. The van der Waals surface area contributed by atoms with Gasteiger partial charge in [-0.25, -0.2) is 9.97 Å². The minimum absolute atomic E-state index is 0.114. The van der Waals surface area contributed by atoms with Gasteiger partial charge in [-0.05, 0) is 44.1 Å². The average Bonchev–Trinajstić information content (AvgIpc) is 3.41. The molecule has 3 saturated heterocycles. The molecule has 0 bridgehead atoms. The number of rotatable bonds is 6. The standard InChI is InChI=1S/C26H36N6O/c33-26(29-23-10-14-30(15-11-23)19-21-6-2-1-3-7-21)22-8-16-31(17-9-22)24-18-27-20-28-25(24)32-12-4-5-13-32/h1-3,6-7,18,20,22-23H,4-5,8-17,19H2,(H,29,33). The number of hydrogen-bond acceptors (Lipinski definition) is 6. The minimum atomic E-state index is 0.114. The maximum Gasteiger partial charge on any atom is 0.223 e. The third-order valence-electron chi connectivity index (χ3n) is 7.47. The fraction of sp³-hybridized carbons (Fsp3) is 0.577. The Kier molecular flexibility index (Phi) is 7.05. The summed E-state index contributed by atoms with van der Waals surface area (Å²) in [4.78, 5) is 29.1. The molecule has 2 aromatic rings.